The molecule has 0 unspecified atom stereocenters. The summed E-state index contributed by atoms with van der Waals surface area (Å²) in [5.41, 5.74) is 4.61. The van der Waals surface area contributed by atoms with E-state index in [1.165, 1.54) is 7.11 Å². The van der Waals surface area contributed by atoms with Gasteiger partial charge in [-0.25, -0.2) is 9.59 Å². The SMILES string of the molecule is COC(=O)[C@@H](C)NC(=O)NCc1ccc2c(c1)N(C(=O)c1ccc(C)cc1)CC2. The Kier molecular flexibility index (Phi) is 6.16. The Balaban J connectivity index is 1.66. The Labute approximate surface area is 170 Å². The molecule has 0 saturated carbocycles. The summed E-state index contributed by atoms with van der Waals surface area (Å²) < 4.78 is 4.58. The minimum absolute atomic E-state index is 0.0292. The molecule has 1 aliphatic heterocycles. The summed E-state index contributed by atoms with van der Waals surface area (Å²) in [5.74, 6) is -0.540. The summed E-state index contributed by atoms with van der Waals surface area (Å²) in [6.07, 6.45) is 0.803. The predicted molar refractivity (Wildman–Crippen MR) is 110 cm³/mol. The highest BCUT2D eigenvalue weighted by molar-refractivity contribution is 6.07. The molecule has 2 aromatic rings. The van der Waals surface area contributed by atoms with Gasteiger partial charge >= 0.3 is 12.0 Å². The third-order valence-electron chi connectivity index (χ3n) is 4.94. The van der Waals surface area contributed by atoms with Crippen LogP contribution in [-0.2, 0) is 22.5 Å². The highest BCUT2D eigenvalue weighted by Crippen LogP contribution is 2.30. The number of methoxy groups -OCH3 is 1. The average molecular weight is 395 g/mol. The van der Waals surface area contributed by atoms with Gasteiger partial charge in [0.25, 0.3) is 5.91 Å². The molecule has 7 nitrogen and oxygen atoms in total. The second-order valence-electron chi connectivity index (χ2n) is 7.11. The molecule has 0 bridgehead atoms. The van der Waals surface area contributed by atoms with E-state index in [0.29, 0.717) is 12.1 Å². The van der Waals surface area contributed by atoms with Crippen molar-refractivity contribution in [1.29, 1.82) is 0 Å². The van der Waals surface area contributed by atoms with E-state index in [2.05, 4.69) is 15.4 Å². The number of urea groups is 1. The molecule has 1 heterocycles. The van der Waals surface area contributed by atoms with Gasteiger partial charge in [-0.1, -0.05) is 29.8 Å². The molecule has 29 heavy (non-hydrogen) atoms. The molecule has 0 aromatic heterocycles. The van der Waals surface area contributed by atoms with Gasteiger partial charge in [0.1, 0.15) is 6.04 Å². The van der Waals surface area contributed by atoms with Gasteiger partial charge in [0.2, 0.25) is 0 Å². The van der Waals surface area contributed by atoms with Crippen LogP contribution in [0.1, 0.15) is 34.0 Å². The number of anilines is 1. The van der Waals surface area contributed by atoms with Crippen molar-refractivity contribution in [2.45, 2.75) is 32.9 Å². The van der Waals surface area contributed by atoms with E-state index >= 15 is 0 Å². The van der Waals surface area contributed by atoms with Gasteiger partial charge in [-0.05, 0) is 49.6 Å². The first-order valence-corrected chi connectivity index (χ1v) is 9.51. The number of hydrogen-bond donors (Lipinski definition) is 2. The number of rotatable bonds is 5. The molecular weight excluding hydrogens is 370 g/mol. The van der Waals surface area contributed by atoms with Crippen LogP contribution >= 0.6 is 0 Å². The minimum Gasteiger partial charge on any atom is -0.467 e. The summed E-state index contributed by atoms with van der Waals surface area (Å²) in [6.45, 7) is 4.45. The molecule has 0 aliphatic carbocycles. The number of nitrogens with one attached hydrogen (secondary N) is 2. The standard InChI is InChI=1S/C22H25N3O4/c1-14-4-7-18(8-5-14)20(26)25-11-10-17-9-6-16(12-19(17)25)13-23-22(28)24-15(2)21(27)29-3/h4-9,12,15H,10-11,13H2,1-3H3,(H2,23,24,28)/t15-/m1/s1. The first-order valence-electron chi connectivity index (χ1n) is 9.51. The third kappa shape index (κ3) is 4.74. The van der Waals surface area contributed by atoms with Gasteiger partial charge in [0.05, 0.1) is 7.11 Å². The number of hydrogen-bond acceptors (Lipinski definition) is 4. The predicted octanol–water partition coefficient (Wildman–Crippen LogP) is 2.56. The normalized spacial score (nSPS) is 13.4. The summed E-state index contributed by atoms with van der Waals surface area (Å²) in [7, 11) is 1.27. The lowest BCUT2D eigenvalue weighted by atomic mass is 10.1. The van der Waals surface area contributed by atoms with Gasteiger partial charge in [-0.15, -0.1) is 0 Å². The summed E-state index contributed by atoms with van der Waals surface area (Å²) in [4.78, 5) is 38.0. The van der Waals surface area contributed by atoms with Gasteiger partial charge < -0.3 is 20.3 Å². The zero-order valence-corrected chi connectivity index (χ0v) is 16.8. The number of fused-ring (bicyclic) bond motifs is 1. The van der Waals surface area contributed by atoms with Gasteiger partial charge in [-0.3, -0.25) is 4.79 Å². The minimum atomic E-state index is -0.734. The zero-order valence-electron chi connectivity index (χ0n) is 16.8. The molecule has 1 atom stereocenters. The van der Waals surface area contributed by atoms with Crippen molar-refractivity contribution in [2.24, 2.45) is 0 Å². The number of amides is 3. The Bertz CT molecular complexity index is 924. The first kappa shape index (κ1) is 20.4. The number of aryl methyl sites for hydroxylation is 1. The van der Waals surface area contributed by atoms with E-state index < -0.39 is 18.0 Å². The fourth-order valence-corrected chi connectivity index (χ4v) is 3.26. The number of esters is 1. The molecule has 0 fully saturated rings. The molecule has 1 aliphatic rings. The van der Waals surface area contributed by atoms with Crippen LogP contribution < -0.4 is 15.5 Å². The van der Waals surface area contributed by atoms with Gasteiger partial charge in [0.15, 0.2) is 0 Å². The molecule has 0 saturated heterocycles. The van der Waals surface area contributed by atoms with Crippen LogP contribution in [0.25, 0.3) is 0 Å². The van der Waals surface area contributed by atoms with Crippen LogP contribution in [0.5, 0.6) is 0 Å². The average Bonchev–Trinajstić information content (AvgIpc) is 3.14. The largest absolute Gasteiger partial charge is 0.467 e. The second kappa shape index (κ2) is 8.77. The maximum Gasteiger partial charge on any atom is 0.328 e. The maximum absolute atomic E-state index is 12.9. The molecule has 0 spiro atoms. The fraction of sp³-hybridized carbons (Fsp3) is 0.318. The van der Waals surface area contributed by atoms with Crippen LogP contribution in [0, 0.1) is 6.92 Å². The Morgan fingerprint density at radius 2 is 1.86 bits per heavy atom. The number of carbonyl (C=O) groups is 3. The topological polar surface area (TPSA) is 87.7 Å². The highest BCUT2D eigenvalue weighted by Gasteiger charge is 2.26. The third-order valence-corrected chi connectivity index (χ3v) is 4.94. The number of ether oxygens (including phenoxy) is 1. The molecule has 2 aromatic carbocycles. The molecule has 152 valence electrons. The Morgan fingerprint density at radius 1 is 1.14 bits per heavy atom. The van der Waals surface area contributed by atoms with Crippen molar-refractivity contribution in [1.82, 2.24) is 10.6 Å². The smallest absolute Gasteiger partial charge is 0.328 e. The molecular formula is C22H25N3O4. The number of nitrogens with zero attached hydrogens (tertiary/aromatic N) is 1. The Morgan fingerprint density at radius 3 is 2.55 bits per heavy atom. The van der Waals surface area contributed by atoms with Crippen LogP contribution in [0.15, 0.2) is 42.5 Å². The molecule has 0 radical (unpaired) electrons. The van der Waals surface area contributed by atoms with Crippen molar-refractivity contribution in [3.63, 3.8) is 0 Å². The molecule has 7 heteroatoms. The summed E-state index contributed by atoms with van der Waals surface area (Å²) in [5, 5.41) is 5.24. The molecule has 3 amide bonds. The van der Waals surface area contributed by atoms with Crippen molar-refractivity contribution in [3.8, 4) is 0 Å². The second-order valence-corrected chi connectivity index (χ2v) is 7.11. The van der Waals surface area contributed by atoms with Crippen molar-refractivity contribution < 1.29 is 19.1 Å². The fourth-order valence-electron chi connectivity index (χ4n) is 3.26. The lowest BCUT2D eigenvalue weighted by Gasteiger charge is -2.18. The van der Waals surface area contributed by atoms with E-state index in [9.17, 15) is 14.4 Å². The summed E-state index contributed by atoms with van der Waals surface area (Å²) in [6, 6.07) is 12.2. The van der Waals surface area contributed by atoms with Crippen molar-refractivity contribution in [2.75, 3.05) is 18.6 Å². The van der Waals surface area contributed by atoms with Crippen LogP contribution in [0.2, 0.25) is 0 Å². The van der Waals surface area contributed by atoms with E-state index in [4.69, 9.17) is 0 Å². The Hall–Kier alpha value is -3.35. The van der Waals surface area contributed by atoms with Crippen molar-refractivity contribution >= 4 is 23.6 Å². The monoisotopic (exact) mass is 395 g/mol. The lowest BCUT2D eigenvalue weighted by Crippen LogP contribution is -2.44. The number of benzene rings is 2. The molecule has 3 rings (SSSR count). The van der Waals surface area contributed by atoms with Gasteiger partial charge in [0, 0.05) is 24.3 Å². The highest BCUT2D eigenvalue weighted by atomic mass is 16.5. The van der Waals surface area contributed by atoms with E-state index in [0.717, 1.165) is 28.8 Å². The van der Waals surface area contributed by atoms with E-state index in [1.54, 1.807) is 11.8 Å². The quantitative estimate of drug-likeness (QED) is 0.762. The van der Waals surface area contributed by atoms with E-state index in [1.807, 2.05) is 49.4 Å². The van der Waals surface area contributed by atoms with Crippen LogP contribution in [0.3, 0.4) is 0 Å². The van der Waals surface area contributed by atoms with Crippen molar-refractivity contribution in [3.05, 3.63) is 64.7 Å². The summed E-state index contributed by atoms with van der Waals surface area (Å²) >= 11 is 0. The van der Waals surface area contributed by atoms with Crippen LogP contribution in [-0.4, -0.2) is 37.6 Å². The lowest BCUT2D eigenvalue weighted by molar-refractivity contribution is -0.142. The van der Waals surface area contributed by atoms with Gasteiger partial charge in [-0.2, -0.15) is 0 Å². The van der Waals surface area contributed by atoms with Crippen LogP contribution in [0.4, 0.5) is 10.5 Å². The maximum atomic E-state index is 12.9. The van der Waals surface area contributed by atoms with E-state index in [-0.39, 0.29) is 12.5 Å². The zero-order chi connectivity index (χ0) is 21.0. The first-order chi connectivity index (χ1) is 13.9. The number of carbonyl (C=O) groups excluding carboxylic acids is 3. The molecule has 2 N–H and O–H groups in total.